The van der Waals surface area contributed by atoms with Crippen molar-refractivity contribution in [2.45, 2.75) is 13.1 Å². The van der Waals surface area contributed by atoms with Crippen molar-refractivity contribution >= 4 is 0 Å². The first-order valence-corrected chi connectivity index (χ1v) is 6.54. The van der Waals surface area contributed by atoms with E-state index in [1.54, 1.807) is 10.9 Å². The van der Waals surface area contributed by atoms with Gasteiger partial charge in [-0.05, 0) is 11.1 Å². The van der Waals surface area contributed by atoms with Gasteiger partial charge in [0.25, 0.3) is 0 Å². The monoisotopic (exact) mass is 259 g/mol. The topological polar surface area (TPSA) is 43.2 Å². The summed E-state index contributed by atoms with van der Waals surface area (Å²) in [6.45, 7) is 5.31. The molecule has 5 heteroatoms. The fourth-order valence-electron chi connectivity index (χ4n) is 2.23. The van der Waals surface area contributed by atoms with Crippen LogP contribution in [0.1, 0.15) is 12.5 Å². The van der Waals surface area contributed by atoms with Crippen LogP contribution in [0, 0.1) is 0 Å². The van der Waals surface area contributed by atoms with Crippen LogP contribution in [0.15, 0.2) is 36.6 Å². The van der Waals surface area contributed by atoms with Crippen LogP contribution in [0.5, 0.6) is 0 Å². The number of morpholine rings is 1. The van der Waals surface area contributed by atoms with Crippen molar-refractivity contribution in [3.05, 3.63) is 47.8 Å². The lowest BCUT2D eigenvalue weighted by molar-refractivity contribution is 0.0342. The highest BCUT2D eigenvalue weighted by Crippen LogP contribution is 2.10. The van der Waals surface area contributed by atoms with E-state index in [2.05, 4.69) is 39.5 Å². The molecule has 1 aliphatic heterocycles. The molecule has 1 aromatic carbocycles. The summed E-state index contributed by atoms with van der Waals surface area (Å²) in [4.78, 5) is 2.41. The van der Waals surface area contributed by atoms with Gasteiger partial charge in [0.2, 0.25) is 0 Å². The average Bonchev–Trinajstić information content (AvgIpc) is 2.88. The van der Waals surface area contributed by atoms with Crippen LogP contribution in [0.2, 0.25) is 0 Å². The molecule has 1 saturated heterocycles. The summed E-state index contributed by atoms with van der Waals surface area (Å²) >= 11 is 0. The zero-order valence-corrected chi connectivity index (χ0v) is 10.8. The number of hydrogen-bond acceptors (Lipinski definition) is 4. The van der Waals surface area contributed by atoms with Gasteiger partial charge in [0, 0.05) is 25.8 Å². The van der Waals surface area contributed by atoms with E-state index >= 15 is 0 Å². The predicted octanol–water partition coefficient (Wildman–Crippen LogP) is 1.16. The molecule has 1 aromatic heterocycles. The zero-order chi connectivity index (χ0) is 13.8. The van der Waals surface area contributed by atoms with Crippen molar-refractivity contribution in [3.63, 3.8) is 0 Å². The van der Waals surface area contributed by atoms with Crippen LogP contribution >= 0.6 is 0 Å². The third-order valence-electron chi connectivity index (χ3n) is 3.30. The summed E-state index contributed by atoms with van der Waals surface area (Å²) in [5.74, 6) is 0. The molecule has 0 atom stereocenters. The third kappa shape index (κ3) is 3.39. The predicted molar refractivity (Wildman–Crippen MR) is 71.7 cm³/mol. The first-order valence-electron chi connectivity index (χ1n) is 7.04. The van der Waals surface area contributed by atoms with E-state index in [9.17, 15) is 0 Å². The maximum atomic E-state index is 7.35. The lowest BCUT2D eigenvalue weighted by Gasteiger charge is -2.26. The normalized spacial score (nSPS) is 17.4. The lowest BCUT2D eigenvalue weighted by Crippen LogP contribution is -2.35. The van der Waals surface area contributed by atoms with E-state index in [0.29, 0.717) is 6.54 Å². The molecule has 2 heterocycles. The van der Waals surface area contributed by atoms with Crippen LogP contribution in [-0.4, -0.2) is 46.2 Å². The number of rotatable bonds is 4. The summed E-state index contributed by atoms with van der Waals surface area (Å²) < 4.78 is 14.4. The molecule has 5 nitrogen and oxygen atoms in total. The number of nitrogens with zero attached hydrogens (tertiary/aromatic N) is 4. The van der Waals surface area contributed by atoms with Gasteiger partial charge in [0.15, 0.2) is 0 Å². The Morgan fingerprint density at radius 1 is 1.11 bits per heavy atom. The van der Waals surface area contributed by atoms with Gasteiger partial charge < -0.3 is 4.74 Å². The van der Waals surface area contributed by atoms with Gasteiger partial charge in [0.1, 0.15) is 0 Å². The van der Waals surface area contributed by atoms with E-state index in [1.165, 1.54) is 11.1 Å². The minimum absolute atomic E-state index is 0.203. The Kier molecular flexibility index (Phi) is 3.49. The molecule has 0 N–H and O–H groups in total. The summed E-state index contributed by atoms with van der Waals surface area (Å²) in [5.41, 5.74) is 2.48. The van der Waals surface area contributed by atoms with Gasteiger partial charge in [0.05, 0.1) is 27.3 Å². The summed E-state index contributed by atoms with van der Waals surface area (Å²) in [5, 5.41) is 7.55. The van der Waals surface area contributed by atoms with Crippen LogP contribution < -0.4 is 0 Å². The molecule has 1 aliphatic rings. The standard InChI is InChI=1S/C14H18N4O/c1-3-14(12-18-6-5-15-16-18)4-2-13(1)11-17-7-9-19-10-8-17/h1-6H,7-12H2/i5D. The fourth-order valence-corrected chi connectivity index (χ4v) is 2.23. The molecule has 0 spiro atoms. The molecule has 0 radical (unpaired) electrons. The molecular weight excluding hydrogens is 240 g/mol. The largest absolute Gasteiger partial charge is 0.379 e. The number of benzene rings is 1. The SMILES string of the molecule is [2H]c1cn(Cc2ccc(CN3CCOCC3)cc2)nn1. The molecule has 0 saturated carbocycles. The highest BCUT2D eigenvalue weighted by atomic mass is 16.5. The minimum atomic E-state index is 0.203. The zero-order valence-electron chi connectivity index (χ0n) is 11.8. The lowest BCUT2D eigenvalue weighted by atomic mass is 10.1. The molecule has 100 valence electrons. The Hall–Kier alpha value is -1.72. The van der Waals surface area contributed by atoms with Gasteiger partial charge in [-0.3, -0.25) is 4.90 Å². The van der Waals surface area contributed by atoms with E-state index < -0.39 is 0 Å². The second kappa shape index (κ2) is 5.95. The Bertz CT molecular complexity index is 549. The van der Waals surface area contributed by atoms with E-state index in [0.717, 1.165) is 32.8 Å². The van der Waals surface area contributed by atoms with Crippen LogP contribution in [0.3, 0.4) is 0 Å². The second-order valence-corrected chi connectivity index (χ2v) is 4.75. The summed E-state index contributed by atoms with van der Waals surface area (Å²) in [6.07, 6.45) is 1.83. The minimum Gasteiger partial charge on any atom is -0.379 e. The van der Waals surface area contributed by atoms with Crippen LogP contribution in [-0.2, 0) is 17.8 Å². The Morgan fingerprint density at radius 2 is 1.79 bits per heavy atom. The third-order valence-corrected chi connectivity index (χ3v) is 3.30. The highest BCUT2D eigenvalue weighted by molar-refractivity contribution is 5.22. The molecule has 0 bridgehead atoms. The smallest absolute Gasteiger partial charge is 0.0877 e. The van der Waals surface area contributed by atoms with Crippen molar-refractivity contribution in [2.24, 2.45) is 0 Å². The van der Waals surface area contributed by atoms with Gasteiger partial charge in [-0.1, -0.05) is 29.5 Å². The second-order valence-electron chi connectivity index (χ2n) is 4.75. The van der Waals surface area contributed by atoms with Gasteiger partial charge in [-0.2, -0.15) is 0 Å². The molecule has 0 aliphatic carbocycles. The first-order chi connectivity index (χ1) is 9.79. The van der Waals surface area contributed by atoms with E-state index in [-0.39, 0.29) is 6.17 Å². The Labute approximate surface area is 114 Å². The fraction of sp³-hybridized carbons (Fsp3) is 0.429. The molecule has 0 amide bonds. The van der Waals surface area contributed by atoms with Crippen molar-refractivity contribution in [1.29, 1.82) is 0 Å². The molecular formula is C14H18N4O. The Balaban J connectivity index is 1.59. The summed E-state index contributed by atoms with van der Waals surface area (Å²) in [7, 11) is 0. The van der Waals surface area contributed by atoms with Gasteiger partial charge >= 0.3 is 0 Å². The molecule has 19 heavy (non-hydrogen) atoms. The van der Waals surface area contributed by atoms with Crippen molar-refractivity contribution in [2.75, 3.05) is 26.3 Å². The summed E-state index contributed by atoms with van der Waals surface area (Å²) in [6, 6.07) is 8.54. The molecule has 0 unspecified atom stereocenters. The molecule has 1 fully saturated rings. The number of hydrogen-bond donors (Lipinski definition) is 0. The molecule has 2 aromatic rings. The first kappa shape index (κ1) is 11.1. The van der Waals surface area contributed by atoms with Gasteiger partial charge in [-0.15, -0.1) is 5.10 Å². The average molecular weight is 259 g/mol. The Morgan fingerprint density at radius 3 is 2.42 bits per heavy atom. The molecule has 3 rings (SSSR count). The number of ether oxygens (including phenoxy) is 1. The maximum Gasteiger partial charge on any atom is 0.0877 e. The van der Waals surface area contributed by atoms with Crippen molar-refractivity contribution in [1.82, 2.24) is 19.9 Å². The van der Waals surface area contributed by atoms with Crippen LogP contribution in [0.4, 0.5) is 0 Å². The number of aromatic nitrogens is 3. The van der Waals surface area contributed by atoms with Gasteiger partial charge in [-0.25, -0.2) is 4.68 Å². The highest BCUT2D eigenvalue weighted by Gasteiger charge is 2.10. The van der Waals surface area contributed by atoms with Crippen LogP contribution in [0.25, 0.3) is 0 Å². The van der Waals surface area contributed by atoms with Crippen molar-refractivity contribution < 1.29 is 6.11 Å². The van der Waals surface area contributed by atoms with Crippen molar-refractivity contribution in [3.8, 4) is 0 Å². The maximum absolute atomic E-state index is 7.35. The van der Waals surface area contributed by atoms with E-state index in [4.69, 9.17) is 6.11 Å². The quantitative estimate of drug-likeness (QED) is 0.826. The van der Waals surface area contributed by atoms with E-state index in [1.807, 2.05) is 0 Å².